The molecule has 0 atom stereocenters. The highest BCUT2D eigenvalue weighted by atomic mass is 31.2. The molecule has 0 aliphatic heterocycles. The van der Waals surface area contributed by atoms with Crippen LogP contribution in [-0.2, 0) is 17.5 Å². The number of halogens is 1. The fraction of sp³-hybridized carbons (Fsp3) is 0.0870. The third-order valence-electron chi connectivity index (χ3n) is 4.61. The molecule has 0 radical (unpaired) electrons. The molecule has 4 rings (SSSR count). The van der Waals surface area contributed by atoms with Gasteiger partial charge >= 0.3 is 7.60 Å². The Labute approximate surface area is 183 Å². The molecular formula is C23H18FN4O3P. The van der Waals surface area contributed by atoms with E-state index < -0.39 is 7.60 Å². The summed E-state index contributed by atoms with van der Waals surface area (Å²) in [6.07, 6.45) is 0.514. The van der Waals surface area contributed by atoms with Crippen LogP contribution in [0.15, 0.2) is 72.8 Å². The molecule has 0 saturated carbocycles. The summed E-state index contributed by atoms with van der Waals surface area (Å²) >= 11 is 0. The second-order valence-corrected chi connectivity index (χ2v) is 8.64. The van der Waals surface area contributed by atoms with Crippen LogP contribution in [0.5, 0.6) is 0 Å². The normalized spacial score (nSPS) is 11.1. The predicted molar refractivity (Wildman–Crippen MR) is 117 cm³/mol. The number of tetrazole rings is 1. The second-order valence-electron chi connectivity index (χ2n) is 7.04. The van der Waals surface area contributed by atoms with Crippen molar-refractivity contribution in [3.05, 3.63) is 95.3 Å². The number of rotatable bonds is 5. The van der Waals surface area contributed by atoms with Crippen LogP contribution in [0.4, 0.5) is 4.39 Å². The van der Waals surface area contributed by atoms with E-state index in [9.17, 15) is 18.7 Å². The summed E-state index contributed by atoms with van der Waals surface area (Å²) in [4.78, 5) is 19.8. The molecule has 0 unspecified atom stereocenters. The van der Waals surface area contributed by atoms with Crippen molar-refractivity contribution in [1.82, 2.24) is 20.2 Å². The Morgan fingerprint density at radius 3 is 2.41 bits per heavy atom. The summed E-state index contributed by atoms with van der Waals surface area (Å²) in [7, 11) is -4.27. The Balaban J connectivity index is 1.44. The van der Waals surface area contributed by atoms with Gasteiger partial charge in [-0.2, -0.15) is 4.80 Å². The van der Waals surface area contributed by atoms with Crippen molar-refractivity contribution in [1.29, 1.82) is 0 Å². The fourth-order valence-corrected chi connectivity index (χ4v) is 3.51. The van der Waals surface area contributed by atoms with Crippen LogP contribution in [0.25, 0.3) is 11.4 Å². The molecule has 0 bridgehead atoms. The topological polar surface area (TPSA) is 101 Å². The Morgan fingerprint density at radius 1 is 0.969 bits per heavy atom. The lowest BCUT2D eigenvalue weighted by Crippen LogP contribution is -2.07. The fourth-order valence-electron chi connectivity index (χ4n) is 2.97. The molecular weight excluding hydrogens is 430 g/mol. The van der Waals surface area contributed by atoms with Gasteiger partial charge in [0, 0.05) is 17.5 Å². The summed E-state index contributed by atoms with van der Waals surface area (Å²) in [5.41, 5.74) is 3.29. The molecule has 2 N–H and O–H groups in total. The maximum absolute atomic E-state index is 13.0. The number of hydrogen-bond donors (Lipinski definition) is 2. The van der Waals surface area contributed by atoms with E-state index in [1.54, 1.807) is 24.3 Å². The highest BCUT2D eigenvalue weighted by Gasteiger charge is 2.16. The highest BCUT2D eigenvalue weighted by molar-refractivity contribution is 7.60. The van der Waals surface area contributed by atoms with Crippen molar-refractivity contribution >= 4 is 12.9 Å². The Bertz CT molecular complexity index is 1340. The van der Waals surface area contributed by atoms with Gasteiger partial charge in [0.15, 0.2) is 0 Å². The van der Waals surface area contributed by atoms with E-state index in [4.69, 9.17) is 0 Å². The molecule has 0 aliphatic carbocycles. The lowest BCUT2D eigenvalue weighted by molar-refractivity contribution is 0.387. The summed E-state index contributed by atoms with van der Waals surface area (Å²) in [5.74, 6) is 6.34. The van der Waals surface area contributed by atoms with Crippen molar-refractivity contribution in [2.75, 3.05) is 0 Å². The van der Waals surface area contributed by atoms with E-state index in [-0.39, 0.29) is 11.1 Å². The molecule has 0 fully saturated rings. The minimum Gasteiger partial charge on any atom is -0.321 e. The molecule has 9 heteroatoms. The Kier molecular flexibility index (Phi) is 6.24. The SMILES string of the molecule is O=P(O)(O)c1ccc(Cn2nnc(-c3cccc(C#CCc4ccc(F)cc4)c3)n2)cc1. The minimum atomic E-state index is -4.27. The van der Waals surface area contributed by atoms with Crippen molar-refractivity contribution in [2.45, 2.75) is 13.0 Å². The van der Waals surface area contributed by atoms with Gasteiger partial charge in [-0.05, 0) is 52.7 Å². The Hall–Kier alpha value is -3.63. The number of nitrogens with zero attached hydrogens (tertiary/aromatic N) is 4. The summed E-state index contributed by atoms with van der Waals surface area (Å²) in [6, 6.07) is 19.7. The molecule has 0 saturated heterocycles. The van der Waals surface area contributed by atoms with E-state index in [1.807, 2.05) is 24.3 Å². The van der Waals surface area contributed by atoms with E-state index in [0.717, 1.165) is 22.3 Å². The average Bonchev–Trinajstić information content (AvgIpc) is 3.24. The van der Waals surface area contributed by atoms with Crippen LogP contribution >= 0.6 is 7.60 Å². The quantitative estimate of drug-likeness (QED) is 0.360. The van der Waals surface area contributed by atoms with Gasteiger partial charge in [-0.15, -0.1) is 10.2 Å². The molecule has 1 aromatic heterocycles. The zero-order valence-corrected chi connectivity index (χ0v) is 17.7. The Morgan fingerprint density at radius 2 is 1.69 bits per heavy atom. The molecule has 7 nitrogen and oxygen atoms in total. The van der Waals surface area contributed by atoms with Crippen LogP contribution in [0.1, 0.15) is 16.7 Å². The molecule has 1 heterocycles. The number of hydrogen-bond acceptors (Lipinski definition) is 4. The minimum absolute atomic E-state index is 0.0363. The smallest absolute Gasteiger partial charge is 0.321 e. The van der Waals surface area contributed by atoms with Gasteiger partial charge < -0.3 is 9.79 Å². The molecule has 0 amide bonds. The first-order valence-electron chi connectivity index (χ1n) is 9.63. The number of aromatic nitrogens is 4. The second kappa shape index (κ2) is 9.25. The van der Waals surface area contributed by atoms with Gasteiger partial charge in [0.1, 0.15) is 5.82 Å². The van der Waals surface area contributed by atoms with E-state index in [1.165, 1.54) is 29.1 Å². The maximum atomic E-state index is 13.0. The van der Waals surface area contributed by atoms with Crippen molar-refractivity contribution in [3.63, 3.8) is 0 Å². The highest BCUT2D eigenvalue weighted by Crippen LogP contribution is 2.32. The monoisotopic (exact) mass is 448 g/mol. The van der Waals surface area contributed by atoms with Crippen molar-refractivity contribution < 1.29 is 18.7 Å². The zero-order valence-electron chi connectivity index (χ0n) is 16.8. The maximum Gasteiger partial charge on any atom is 0.356 e. The molecule has 32 heavy (non-hydrogen) atoms. The van der Waals surface area contributed by atoms with Crippen LogP contribution < -0.4 is 5.30 Å². The van der Waals surface area contributed by atoms with Crippen LogP contribution in [-0.4, -0.2) is 30.0 Å². The van der Waals surface area contributed by atoms with Crippen LogP contribution in [0.2, 0.25) is 0 Å². The van der Waals surface area contributed by atoms with Crippen LogP contribution in [0.3, 0.4) is 0 Å². The average molecular weight is 448 g/mol. The first kappa shape index (κ1) is 21.6. The van der Waals surface area contributed by atoms with Gasteiger partial charge in [-0.25, -0.2) is 4.39 Å². The lowest BCUT2D eigenvalue weighted by atomic mass is 10.1. The summed E-state index contributed by atoms with van der Waals surface area (Å²) in [6.45, 7) is 0.311. The largest absolute Gasteiger partial charge is 0.356 e. The van der Waals surface area contributed by atoms with E-state index >= 15 is 0 Å². The van der Waals surface area contributed by atoms with Gasteiger partial charge in [-0.3, -0.25) is 4.57 Å². The van der Waals surface area contributed by atoms with E-state index in [2.05, 4.69) is 27.3 Å². The van der Waals surface area contributed by atoms with Crippen molar-refractivity contribution in [3.8, 4) is 23.2 Å². The van der Waals surface area contributed by atoms with Gasteiger partial charge in [0.25, 0.3) is 0 Å². The van der Waals surface area contributed by atoms with E-state index in [0.29, 0.717) is 18.8 Å². The molecule has 3 aromatic carbocycles. The first-order valence-corrected chi connectivity index (χ1v) is 11.2. The molecule has 0 aliphatic rings. The molecule has 0 spiro atoms. The molecule has 4 aromatic rings. The standard InChI is InChI=1S/C23H18FN4O3P/c24-21-11-7-17(8-12-21)3-1-4-18-5-2-6-20(15-18)23-25-27-28(26-23)16-19-9-13-22(14-10-19)32(29,30)31/h2,5-15H,3,16H2,(H2,29,30,31). The van der Waals surface area contributed by atoms with Crippen molar-refractivity contribution in [2.24, 2.45) is 0 Å². The van der Waals surface area contributed by atoms with Crippen LogP contribution in [0, 0.1) is 17.7 Å². The third-order valence-corrected chi connectivity index (χ3v) is 5.58. The predicted octanol–water partition coefficient (Wildman–Crippen LogP) is 2.92. The molecule has 160 valence electrons. The van der Waals surface area contributed by atoms with Gasteiger partial charge in [0.05, 0.1) is 11.8 Å². The third kappa shape index (κ3) is 5.54. The summed E-state index contributed by atoms with van der Waals surface area (Å²) < 4.78 is 24.3. The lowest BCUT2D eigenvalue weighted by Gasteiger charge is -2.05. The number of benzene rings is 3. The van der Waals surface area contributed by atoms with Gasteiger partial charge in [0.2, 0.25) is 5.82 Å². The zero-order chi connectivity index (χ0) is 22.6. The van der Waals surface area contributed by atoms with Gasteiger partial charge in [-0.1, -0.05) is 48.2 Å². The summed E-state index contributed by atoms with van der Waals surface area (Å²) in [5, 5.41) is 12.5. The first-order chi connectivity index (χ1) is 15.4.